The predicted octanol–water partition coefficient (Wildman–Crippen LogP) is 2.26. The average Bonchev–Trinajstić information content (AvgIpc) is 2.46. The van der Waals surface area contributed by atoms with E-state index in [2.05, 4.69) is 10.9 Å². The number of anilines is 1. The Morgan fingerprint density at radius 2 is 1.62 bits per heavy atom. The van der Waals surface area contributed by atoms with E-state index in [0.717, 1.165) is 0 Å². The van der Waals surface area contributed by atoms with Crippen LogP contribution in [0.25, 0.3) is 0 Å². The molecule has 2 N–H and O–H groups in total. The maximum atomic E-state index is 12.0. The Balaban J connectivity index is 1.97. The maximum absolute atomic E-state index is 12.0. The van der Waals surface area contributed by atoms with Gasteiger partial charge in [0.1, 0.15) is 5.75 Å². The topological polar surface area (TPSA) is 75.3 Å². The van der Waals surface area contributed by atoms with Crippen molar-refractivity contribution >= 4 is 33.0 Å². The molecule has 0 saturated carbocycles. The van der Waals surface area contributed by atoms with E-state index in [-0.39, 0.29) is 4.90 Å². The van der Waals surface area contributed by atoms with Crippen molar-refractivity contribution in [2.24, 2.45) is 0 Å². The van der Waals surface area contributed by atoms with Crippen LogP contribution in [0.2, 0.25) is 5.02 Å². The lowest BCUT2D eigenvalue weighted by Gasteiger charge is -2.09. The monoisotopic (exact) mass is 324 g/mol. The van der Waals surface area contributed by atoms with Crippen LogP contribution in [0.5, 0.6) is 0 Å². The summed E-state index contributed by atoms with van der Waals surface area (Å²) in [4.78, 5) is 11.8. The van der Waals surface area contributed by atoms with Crippen LogP contribution in [0.4, 0.5) is 5.69 Å². The van der Waals surface area contributed by atoms with E-state index in [1.165, 1.54) is 24.3 Å². The lowest BCUT2D eigenvalue weighted by molar-refractivity contribution is -0.118. The molecule has 0 aromatic heterocycles. The van der Waals surface area contributed by atoms with Crippen LogP contribution in [0.15, 0.2) is 59.5 Å². The molecular formula is C14H13ClN2O3S. The Kier molecular flexibility index (Phi) is 4.82. The second-order valence-electron chi connectivity index (χ2n) is 4.25. The SMILES string of the molecule is O=C(CS(=O)(=O)c1ccc(Cl)cc1)NNc1ccccc1. The van der Waals surface area contributed by atoms with Gasteiger partial charge in [-0.15, -0.1) is 0 Å². The van der Waals surface area contributed by atoms with Crippen LogP contribution < -0.4 is 10.9 Å². The van der Waals surface area contributed by atoms with E-state index in [9.17, 15) is 13.2 Å². The highest BCUT2D eigenvalue weighted by molar-refractivity contribution is 7.92. The number of carbonyl (C=O) groups is 1. The van der Waals surface area contributed by atoms with Gasteiger partial charge in [0.2, 0.25) is 0 Å². The van der Waals surface area contributed by atoms with Crippen molar-refractivity contribution < 1.29 is 13.2 Å². The number of nitrogens with one attached hydrogen (secondary N) is 2. The second-order valence-corrected chi connectivity index (χ2v) is 6.68. The third-order valence-electron chi connectivity index (χ3n) is 2.61. The molecule has 0 saturated heterocycles. The number of para-hydroxylation sites is 1. The fourth-order valence-corrected chi connectivity index (χ4v) is 2.86. The first-order chi connectivity index (χ1) is 9.97. The Morgan fingerprint density at radius 1 is 1.00 bits per heavy atom. The first kappa shape index (κ1) is 15.3. The molecule has 21 heavy (non-hydrogen) atoms. The maximum Gasteiger partial charge on any atom is 0.253 e. The van der Waals surface area contributed by atoms with Crippen molar-refractivity contribution in [1.82, 2.24) is 5.43 Å². The van der Waals surface area contributed by atoms with E-state index in [4.69, 9.17) is 11.6 Å². The van der Waals surface area contributed by atoms with Crippen LogP contribution >= 0.6 is 11.6 Å². The molecule has 2 rings (SSSR count). The average molecular weight is 325 g/mol. The van der Waals surface area contributed by atoms with Crippen molar-refractivity contribution in [3.63, 3.8) is 0 Å². The standard InChI is InChI=1S/C14H13ClN2O3S/c15-11-6-8-13(9-7-11)21(19,20)10-14(18)17-16-12-4-2-1-3-5-12/h1-9,16H,10H2,(H,17,18). The molecule has 0 radical (unpaired) electrons. The molecule has 0 aliphatic rings. The van der Waals surface area contributed by atoms with Gasteiger partial charge in [-0.25, -0.2) is 8.42 Å². The quantitative estimate of drug-likeness (QED) is 0.827. The first-order valence-corrected chi connectivity index (χ1v) is 8.09. The summed E-state index contributed by atoms with van der Waals surface area (Å²) in [5.74, 6) is -1.29. The normalized spacial score (nSPS) is 10.9. The highest BCUT2D eigenvalue weighted by Crippen LogP contribution is 2.15. The van der Waals surface area contributed by atoms with Crippen LogP contribution in [0, 0.1) is 0 Å². The zero-order valence-electron chi connectivity index (χ0n) is 10.9. The van der Waals surface area contributed by atoms with Crippen molar-refractivity contribution in [3.8, 4) is 0 Å². The Morgan fingerprint density at radius 3 is 2.24 bits per heavy atom. The van der Waals surface area contributed by atoms with Gasteiger partial charge in [-0.1, -0.05) is 29.8 Å². The zero-order valence-corrected chi connectivity index (χ0v) is 12.5. The Hall–Kier alpha value is -2.05. The summed E-state index contributed by atoms with van der Waals surface area (Å²) in [6.07, 6.45) is 0. The lowest BCUT2D eigenvalue weighted by atomic mass is 10.3. The molecule has 2 aromatic carbocycles. The number of sulfone groups is 1. The first-order valence-electron chi connectivity index (χ1n) is 6.05. The van der Waals surface area contributed by atoms with E-state index in [1.54, 1.807) is 24.3 Å². The molecule has 1 amide bonds. The Labute approximate surface area is 127 Å². The third kappa shape index (κ3) is 4.47. The molecule has 0 spiro atoms. The summed E-state index contributed by atoms with van der Waals surface area (Å²) in [5.41, 5.74) is 5.65. The molecule has 0 aliphatic heterocycles. The summed E-state index contributed by atoms with van der Waals surface area (Å²) in [6.45, 7) is 0. The Bertz CT molecular complexity index is 716. The van der Waals surface area contributed by atoms with Crippen molar-refractivity contribution in [3.05, 3.63) is 59.6 Å². The molecule has 5 nitrogen and oxygen atoms in total. The number of rotatable bonds is 5. The van der Waals surface area contributed by atoms with Crippen molar-refractivity contribution in [2.75, 3.05) is 11.2 Å². The minimum atomic E-state index is -3.69. The molecule has 2 aromatic rings. The van der Waals surface area contributed by atoms with Gasteiger partial charge in [-0.05, 0) is 36.4 Å². The van der Waals surface area contributed by atoms with Gasteiger partial charge in [0.15, 0.2) is 9.84 Å². The molecule has 110 valence electrons. The van der Waals surface area contributed by atoms with Crippen LogP contribution in [-0.4, -0.2) is 20.1 Å². The molecule has 7 heteroatoms. The van der Waals surface area contributed by atoms with Gasteiger partial charge in [-0.2, -0.15) is 0 Å². The van der Waals surface area contributed by atoms with Gasteiger partial charge < -0.3 is 0 Å². The van der Waals surface area contributed by atoms with Gasteiger partial charge in [-0.3, -0.25) is 15.6 Å². The summed E-state index contributed by atoms with van der Waals surface area (Å²) >= 11 is 5.70. The minimum Gasteiger partial charge on any atom is -0.299 e. The predicted molar refractivity (Wildman–Crippen MR) is 81.7 cm³/mol. The van der Waals surface area contributed by atoms with Crippen LogP contribution in [0.1, 0.15) is 0 Å². The van der Waals surface area contributed by atoms with Crippen molar-refractivity contribution in [2.45, 2.75) is 4.90 Å². The largest absolute Gasteiger partial charge is 0.299 e. The number of hydrogen-bond donors (Lipinski definition) is 2. The number of hydrazine groups is 1. The lowest BCUT2D eigenvalue weighted by Crippen LogP contribution is -2.34. The van der Waals surface area contributed by atoms with E-state index in [0.29, 0.717) is 10.7 Å². The second kappa shape index (κ2) is 6.60. The smallest absolute Gasteiger partial charge is 0.253 e. The molecule has 0 heterocycles. The third-order valence-corrected chi connectivity index (χ3v) is 4.50. The number of amides is 1. The van der Waals surface area contributed by atoms with Gasteiger partial charge in [0.25, 0.3) is 5.91 Å². The zero-order chi connectivity index (χ0) is 15.3. The molecule has 0 bridgehead atoms. The van der Waals surface area contributed by atoms with Crippen molar-refractivity contribution in [1.29, 1.82) is 0 Å². The van der Waals surface area contributed by atoms with E-state index < -0.39 is 21.5 Å². The number of benzene rings is 2. The molecule has 0 fully saturated rings. The number of carbonyl (C=O) groups excluding carboxylic acids is 1. The number of halogens is 1. The van der Waals surface area contributed by atoms with E-state index >= 15 is 0 Å². The summed E-state index contributed by atoms with van der Waals surface area (Å²) in [7, 11) is -3.69. The molecule has 0 atom stereocenters. The van der Waals surface area contributed by atoms with Crippen LogP contribution in [0.3, 0.4) is 0 Å². The van der Waals surface area contributed by atoms with Gasteiger partial charge in [0, 0.05) is 5.02 Å². The van der Waals surface area contributed by atoms with Gasteiger partial charge in [0.05, 0.1) is 10.6 Å². The number of hydrogen-bond acceptors (Lipinski definition) is 4. The van der Waals surface area contributed by atoms with E-state index in [1.807, 2.05) is 6.07 Å². The fraction of sp³-hybridized carbons (Fsp3) is 0.0714. The summed E-state index contributed by atoms with van der Waals surface area (Å²) in [5, 5.41) is 0.434. The molecule has 0 unspecified atom stereocenters. The molecule has 0 aliphatic carbocycles. The fourth-order valence-electron chi connectivity index (χ4n) is 1.60. The van der Waals surface area contributed by atoms with Gasteiger partial charge >= 0.3 is 0 Å². The summed E-state index contributed by atoms with van der Waals surface area (Å²) < 4.78 is 24.1. The minimum absolute atomic E-state index is 0.0572. The molecular weight excluding hydrogens is 312 g/mol. The highest BCUT2D eigenvalue weighted by atomic mass is 35.5. The van der Waals surface area contributed by atoms with Crippen LogP contribution in [-0.2, 0) is 14.6 Å². The highest BCUT2D eigenvalue weighted by Gasteiger charge is 2.19. The summed E-state index contributed by atoms with van der Waals surface area (Å²) in [6, 6.07) is 14.6.